The maximum absolute atomic E-state index is 11.8. The van der Waals surface area contributed by atoms with Gasteiger partial charge < -0.3 is 14.9 Å². The normalized spacial score (nSPS) is 13.1. The second-order valence-electron chi connectivity index (χ2n) is 4.83. The van der Waals surface area contributed by atoms with Gasteiger partial charge >= 0.3 is 5.97 Å². The largest absolute Gasteiger partial charge is 0.481 e. The Balaban J connectivity index is 2.64. The van der Waals surface area contributed by atoms with E-state index in [1.807, 2.05) is 0 Å². The number of carbonyl (C=O) groups excluding carboxylic acids is 1. The summed E-state index contributed by atoms with van der Waals surface area (Å²) in [6.07, 6.45) is 1.46. The van der Waals surface area contributed by atoms with E-state index in [4.69, 9.17) is 9.63 Å². The van der Waals surface area contributed by atoms with Crippen LogP contribution >= 0.6 is 0 Å². The fourth-order valence-electron chi connectivity index (χ4n) is 1.49. The van der Waals surface area contributed by atoms with Crippen LogP contribution in [0.1, 0.15) is 26.5 Å². The third-order valence-corrected chi connectivity index (χ3v) is 2.30. The zero-order valence-electron chi connectivity index (χ0n) is 10.1. The van der Waals surface area contributed by atoms with Gasteiger partial charge in [0.2, 0.25) is 5.91 Å². The smallest absolute Gasteiger partial charge is 0.316 e. The molecule has 0 spiro atoms. The molecule has 6 heteroatoms. The number of carboxylic acids is 1. The molecule has 0 saturated carbocycles. The summed E-state index contributed by atoms with van der Waals surface area (Å²) in [5.41, 5.74) is -0.642. The molecule has 0 bridgehead atoms. The van der Waals surface area contributed by atoms with Gasteiger partial charge in [-0.3, -0.25) is 9.59 Å². The van der Waals surface area contributed by atoms with Crippen LogP contribution in [0.3, 0.4) is 0 Å². The quantitative estimate of drug-likeness (QED) is 0.767. The molecule has 0 aliphatic heterocycles. The Morgan fingerprint density at radius 2 is 2.18 bits per heavy atom. The highest BCUT2D eigenvalue weighted by Gasteiger charge is 2.37. The predicted molar refractivity (Wildman–Crippen MR) is 58.9 cm³/mol. The second-order valence-corrected chi connectivity index (χ2v) is 4.83. The van der Waals surface area contributed by atoms with Gasteiger partial charge in [0, 0.05) is 6.07 Å². The number of carbonyl (C=O) groups is 2. The number of hydrogen-bond donors (Lipinski definition) is 2. The fourth-order valence-corrected chi connectivity index (χ4v) is 1.49. The summed E-state index contributed by atoms with van der Waals surface area (Å²) in [5.74, 6) is -2.27. The first-order chi connectivity index (χ1) is 7.82. The maximum Gasteiger partial charge on any atom is 0.316 e. The van der Waals surface area contributed by atoms with E-state index in [0.29, 0.717) is 5.76 Å². The van der Waals surface area contributed by atoms with Crippen LogP contribution in [0.25, 0.3) is 0 Å². The Labute approximate surface area is 99.0 Å². The molecule has 0 aromatic carbocycles. The third kappa shape index (κ3) is 3.58. The minimum absolute atomic E-state index is 0.138. The monoisotopic (exact) mass is 240 g/mol. The summed E-state index contributed by atoms with van der Waals surface area (Å²) in [7, 11) is 0. The van der Waals surface area contributed by atoms with Gasteiger partial charge in [0.05, 0.1) is 12.7 Å². The maximum atomic E-state index is 11.8. The molecule has 1 amide bonds. The fraction of sp³-hybridized carbons (Fsp3) is 0.545. The molecule has 6 nitrogen and oxygen atoms in total. The van der Waals surface area contributed by atoms with Crippen LogP contribution in [0.2, 0.25) is 0 Å². The van der Waals surface area contributed by atoms with E-state index in [2.05, 4.69) is 10.5 Å². The van der Waals surface area contributed by atoms with Crippen LogP contribution in [-0.4, -0.2) is 22.1 Å². The molecular formula is C11H16N2O4. The van der Waals surface area contributed by atoms with Crippen molar-refractivity contribution in [3.63, 3.8) is 0 Å². The van der Waals surface area contributed by atoms with Gasteiger partial charge in [-0.1, -0.05) is 25.9 Å². The Hall–Kier alpha value is -1.85. The molecule has 0 aliphatic carbocycles. The van der Waals surface area contributed by atoms with Crippen LogP contribution in [0.4, 0.5) is 0 Å². The van der Waals surface area contributed by atoms with E-state index in [1.54, 1.807) is 26.8 Å². The summed E-state index contributed by atoms with van der Waals surface area (Å²) in [6, 6.07) is 1.60. The standard InChI is InChI=1S/C11H16N2O4/c1-11(2,3)8(10(15)16)9(14)12-6-7-4-5-13-17-7/h4-5,8H,6H2,1-3H3,(H,12,14)(H,15,16). The number of carboxylic acid groups (broad SMARTS) is 1. The SMILES string of the molecule is CC(C)(C)C(C(=O)O)C(=O)NCc1ccno1. The van der Waals surface area contributed by atoms with Crippen LogP contribution in [-0.2, 0) is 16.1 Å². The van der Waals surface area contributed by atoms with Crippen molar-refractivity contribution in [1.29, 1.82) is 0 Å². The molecule has 1 aromatic rings. The van der Waals surface area contributed by atoms with Gasteiger partial charge in [0.15, 0.2) is 5.76 Å². The van der Waals surface area contributed by atoms with Gasteiger partial charge in [-0.15, -0.1) is 0 Å². The molecule has 1 unspecified atom stereocenters. The number of nitrogens with one attached hydrogen (secondary N) is 1. The van der Waals surface area contributed by atoms with Gasteiger partial charge in [-0.2, -0.15) is 0 Å². The summed E-state index contributed by atoms with van der Waals surface area (Å²) < 4.78 is 4.80. The lowest BCUT2D eigenvalue weighted by atomic mass is 9.80. The van der Waals surface area contributed by atoms with Crippen LogP contribution < -0.4 is 5.32 Å². The minimum atomic E-state index is -1.13. The van der Waals surface area contributed by atoms with E-state index >= 15 is 0 Å². The summed E-state index contributed by atoms with van der Waals surface area (Å²) in [6.45, 7) is 5.26. The highest BCUT2D eigenvalue weighted by molar-refractivity contribution is 5.97. The van der Waals surface area contributed by atoms with Crippen molar-refractivity contribution >= 4 is 11.9 Å². The van der Waals surface area contributed by atoms with Crippen molar-refractivity contribution < 1.29 is 19.2 Å². The average molecular weight is 240 g/mol. The molecule has 0 saturated heterocycles. The molecule has 94 valence electrons. The van der Waals surface area contributed by atoms with Gasteiger partial charge in [0.1, 0.15) is 5.92 Å². The number of hydrogen-bond acceptors (Lipinski definition) is 4. The Bertz CT molecular complexity index is 392. The van der Waals surface area contributed by atoms with E-state index in [9.17, 15) is 9.59 Å². The molecule has 1 rings (SSSR count). The molecule has 17 heavy (non-hydrogen) atoms. The van der Waals surface area contributed by atoms with Gasteiger partial charge in [-0.25, -0.2) is 0 Å². The lowest BCUT2D eigenvalue weighted by Gasteiger charge is -2.25. The first-order valence-corrected chi connectivity index (χ1v) is 5.22. The number of aliphatic carboxylic acids is 1. The highest BCUT2D eigenvalue weighted by atomic mass is 16.5. The third-order valence-electron chi connectivity index (χ3n) is 2.30. The van der Waals surface area contributed by atoms with Crippen molar-refractivity contribution in [2.45, 2.75) is 27.3 Å². The molecule has 0 fully saturated rings. The Morgan fingerprint density at radius 3 is 2.59 bits per heavy atom. The lowest BCUT2D eigenvalue weighted by Crippen LogP contribution is -2.42. The van der Waals surface area contributed by atoms with E-state index in [-0.39, 0.29) is 6.54 Å². The average Bonchev–Trinajstić information content (AvgIpc) is 2.63. The summed E-state index contributed by atoms with van der Waals surface area (Å²) in [4.78, 5) is 22.8. The van der Waals surface area contributed by atoms with E-state index < -0.39 is 23.2 Å². The number of nitrogens with zero attached hydrogens (tertiary/aromatic N) is 1. The Kier molecular flexibility index (Phi) is 3.88. The number of rotatable bonds is 4. The van der Waals surface area contributed by atoms with Crippen LogP contribution in [0.5, 0.6) is 0 Å². The van der Waals surface area contributed by atoms with Crippen molar-refractivity contribution in [3.8, 4) is 0 Å². The first kappa shape index (κ1) is 13.2. The summed E-state index contributed by atoms with van der Waals surface area (Å²) in [5, 5.41) is 15.0. The molecular weight excluding hydrogens is 224 g/mol. The number of aromatic nitrogens is 1. The van der Waals surface area contributed by atoms with Gasteiger partial charge in [0.25, 0.3) is 0 Å². The first-order valence-electron chi connectivity index (χ1n) is 5.22. The Morgan fingerprint density at radius 1 is 1.53 bits per heavy atom. The molecule has 0 radical (unpaired) electrons. The minimum Gasteiger partial charge on any atom is -0.481 e. The molecule has 0 aliphatic rings. The van der Waals surface area contributed by atoms with Crippen molar-refractivity contribution in [2.75, 3.05) is 0 Å². The lowest BCUT2D eigenvalue weighted by molar-refractivity contribution is -0.151. The molecule has 1 aromatic heterocycles. The van der Waals surface area contributed by atoms with Crippen molar-refractivity contribution in [3.05, 3.63) is 18.0 Å². The van der Waals surface area contributed by atoms with Crippen molar-refractivity contribution in [2.24, 2.45) is 11.3 Å². The predicted octanol–water partition coefficient (Wildman–Crippen LogP) is 1.04. The zero-order valence-corrected chi connectivity index (χ0v) is 10.1. The highest BCUT2D eigenvalue weighted by Crippen LogP contribution is 2.26. The van der Waals surface area contributed by atoms with Gasteiger partial charge in [-0.05, 0) is 5.41 Å². The molecule has 1 atom stereocenters. The van der Waals surface area contributed by atoms with E-state index in [0.717, 1.165) is 0 Å². The van der Waals surface area contributed by atoms with Crippen molar-refractivity contribution in [1.82, 2.24) is 10.5 Å². The molecule has 2 N–H and O–H groups in total. The van der Waals surface area contributed by atoms with Crippen LogP contribution in [0, 0.1) is 11.3 Å². The number of amides is 1. The second kappa shape index (κ2) is 4.99. The summed E-state index contributed by atoms with van der Waals surface area (Å²) >= 11 is 0. The molecule has 1 heterocycles. The van der Waals surface area contributed by atoms with Crippen LogP contribution in [0.15, 0.2) is 16.8 Å². The van der Waals surface area contributed by atoms with E-state index in [1.165, 1.54) is 6.20 Å². The topological polar surface area (TPSA) is 92.4 Å². The zero-order chi connectivity index (χ0) is 13.1.